The number of halogens is 1. The highest BCUT2D eigenvalue weighted by atomic mass is 35.5. The third-order valence-electron chi connectivity index (χ3n) is 2.98. The molecule has 0 saturated heterocycles. The summed E-state index contributed by atoms with van der Waals surface area (Å²) in [6.07, 6.45) is 3.64. The van der Waals surface area contributed by atoms with E-state index in [9.17, 15) is 8.42 Å². The van der Waals surface area contributed by atoms with Crippen molar-refractivity contribution in [2.45, 2.75) is 36.7 Å². The predicted molar refractivity (Wildman–Crippen MR) is 69.8 cm³/mol. The van der Waals surface area contributed by atoms with Crippen molar-refractivity contribution < 1.29 is 13.3 Å². The molecule has 5 nitrogen and oxygen atoms in total. The maximum Gasteiger partial charge on any atom is 0.263 e. The van der Waals surface area contributed by atoms with Crippen molar-refractivity contribution in [1.29, 1.82) is 5.26 Å². The average molecular weight is 301 g/mol. The van der Waals surface area contributed by atoms with Gasteiger partial charge in [0.2, 0.25) is 0 Å². The fourth-order valence-corrected chi connectivity index (χ4v) is 3.27. The second kappa shape index (κ2) is 5.88. The van der Waals surface area contributed by atoms with E-state index >= 15 is 0 Å². The molecule has 0 radical (unpaired) electrons. The SMILES string of the molecule is N#Cc1ccc(Cl)cc1S(=O)(=O)NOC1CCCC1. The first-order valence-electron chi connectivity index (χ1n) is 5.90. The van der Waals surface area contributed by atoms with E-state index in [0.29, 0.717) is 0 Å². The van der Waals surface area contributed by atoms with Gasteiger partial charge in [0.05, 0.1) is 11.7 Å². The van der Waals surface area contributed by atoms with Gasteiger partial charge in [-0.05, 0) is 31.0 Å². The lowest BCUT2D eigenvalue weighted by molar-refractivity contribution is 0.0223. The van der Waals surface area contributed by atoms with Crippen LogP contribution in [0.4, 0.5) is 0 Å². The zero-order valence-electron chi connectivity index (χ0n) is 10.1. The molecule has 0 aromatic heterocycles. The number of nitriles is 1. The first kappa shape index (κ1) is 14.3. The third-order valence-corrected chi connectivity index (χ3v) is 4.45. The number of hydrogen-bond acceptors (Lipinski definition) is 4. The molecule has 0 spiro atoms. The number of benzene rings is 1. The molecule has 0 unspecified atom stereocenters. The minimum atomic E-state index is -3.89. The summed E-state index contributed by atoms with van der Waals surface area (Å²) in [6.45, 7) is 0. The Bertz CT molecular complexity index is 604. The molecule has 0 bridgehead atoms. The summed E-state index contributed by atoms with van der Waals surface area (Å²) < 4.78 is 24.1. The van der Waals surface area contributed by atoms with Crippen LogP contribution in [0, 0.1) is 11.3 Å². The summed E-state index contributed by atoms with van der Waals surface area (Å²) in [5.41, 5.74) is 0.0342. The molecule has 7 heteroatoms. The molecule has 1 aliphatic carbocycles. The van der Waals surface area contributed by atoms with Crippen LogP contribution in [0.2, 0.25) is 5.02 Å². The van der Waals surface area contributed by atoms with Crippen molar-refractivity contribution in [2.24, 2.45) is 0 Å². The largest absolute Gasteiger partial charge is 0.284 e. The molecular weight excluding hydrogens is 288 g/mol. The Balaban J connectivity index is 2.19. The third kappa shape index (κ3) is 3.45. The van der Waals surface area contributed by atoms with Gasteiger partial charge in [-0.2, -0.15) is 5.26 Å². The van der Waals surface area contributed by atoms with Crippen molar-refractivity contribution in [3.63, 3.8) is 0 Å². The van der Waals surface area contributed by atoms with E-state index in [2.05, 4.69) is 4.89 Å². The zero-order chi connectivity index (χ0) is 13.9. The van der Waals surface area contributed by atoms with Gasteiger partial charge in [-0.3, -0.25) is 4.84 Å². The standard InChI is InChI=1S/C12H13ClN2O3S/c13-10-6-5-9(8-14)12(7-10)19(16,17)15-18-11-3-1-2-4-11/h5-7,11,15H,1-4H2. The maximum absolute atomic E-state index is 12.1. The Kier molecular flexibility index (Phi) is 4.42. The van der Waals surface area contributed by atoms with Gasteiger partial charge in [0.1, 0.15) is 11.0 Å². The monoisotopic (exact) mass is 300 g/mol. The lowest BCUT2D eigenvalue weighted by Crippen LogP contribution is -2.29. The Morgan fingerprint density at radius 1 is 1.37 bits per heavy atom. The smallest absolute Gasteiger partial charge is 0.263 e. The van der Waals surface area contributed by atoms with Crippen LogP contribution in [-0.2, 0) is 14.9 Å². The van der Waals surface area contributed by atoms with Gasteiger partial charge >= 0.3 is 0 Å². The van der Waals surface area contributed by atoms with Gasteiger partial charge in [0, 0.05) is 5.02 Å². The molecule has 1 aromatic carbocycles. The Hall–Kier alpha value is -1.13. The van der Waals surface area contributed by atoms with Gasteiger partial charge in [-0.15, -0.1) is 0 Å². The molecule has 1 saturated carbocycles. The molecule has 0 amide bonds. The molecule has 102 valence electrons. The van der Waals surface area contributed by atoms with E-state index < -0.39 is 10.0 Å². The lowest BCUT2D eigenvalue weighted by atomic mass is 10.2. The van der Waals surface area contributed by atoms with Crippen molar-refractivity contribution in [2.75, 3.05) is 0 Å². The topological polar surface area (TPSA) is 79.2 Å². The summed E-state index contributed by atoms with van der Waals surface area (Å²) in [5, 5.41) is 9.18. The van der Waals surface area contributed by atoms with E-state index in [0.717, 1.165) is 25.7 Å². The van der Waals surface area contributed by atoms with Crippen LogP contribution < -0.4 is 4.89 Å². The number of rotatable bonds is 4. The van der Waals surface area contributed by atoms with Crippen molar-refractivity contribution in [3.8, 4) is 6.07 Å². The highest BCUT2D eigenvalue weighted by Crippen LogP contribution is 2.23. The Labute approximate surface area is 117 Å². The van der Waals surface area contributed by atoms with Crippen LogP contribution in [0.15, 0.2) is 23.1 Å². The average Bonchev–Trinajstić information content (AvgIpc) is 2.89. The molecular formula is C12H13ClN2O3S. The fourth-order valence-electron chi connectivity index (χ4n) is 1.99. The molecule has 1 N–H and O–H groups in total. The molecule has 0 atom stereocenters. The fraction of sp³-hybridized carbons (Fsp3) is 0.417. The summed E-state index contributed by atoms with van der Waals surface area (Å²) in [6, 6.07) is 5.90. The van der Waals surface area contributed by atoms with Crippen molar-refractivity contribution in [3.05, 3.63) is 28.8 Å². The summed E-state index contributed by atoms with van der Waals surface area (Å²) in [4.78, 5) is 7.09. The molecule has 1 aromatic rings. The highest BCUT2D eigenvalue weighted by Gasteiger charge is 2.23. The van der Waals surface area contributed by atoms with Crippen LogP contribution in [0.1, 0.15) is 31.2 Å². The number of nitrogens with zero attached hydrogens (tertiary/aromatic N) is 1. The minimum Gasteiger partial charge on any atom is -0.284 e. The number of nitrogens with one attached hydrogen (secondary N) is 1. The molecule has 1 fully saturated rings. The molecule has 1 aliphatic rings. The maximum atomic E-state index is 12.1. The van der Waals surface area contributed by atoms with Gasteiger partial charge in [-0.25, -0.2) is 8.42 Å². The van der Waals surface area contributed by atoms with Gasteiger partial charge in [-0.1, -0.05) is 29.3 Å². The van der Waals surface area contributed by atoms with Gasteiger partial charge in [0.25, 0.3) is 10.0 Å². The molecule has 2 rings (SSSR count). The summed E-state index contributed by atoms with van der Waals surface area (Å²) in [7, 11) is -3.89. The van der Waals surface area contributed by atoms with Crippen LogP contribution >= 0.6 is 11.6 Å². The van der Waals surface area contributed by atoms with Crippen molar-refractivity contribution in [1.82, 2.24) is 4.89 Å². The van der Waals surface area contributed by atoms with Crippen LogP contribution in [0.5, 0.6) is 0 Å². The summed E-state index contributed by atoms with van der Waals surface area (Å²) in [5.74, 6) is 0. The van der Waals surface area contributed by atoms with Gasteiger partial charge in [0.15, 0.2) is 0 Å². The highest BCUT2D eigenvalue weighted by molar-refractivity contribution is 7.89. The first-order chi connectivity index (χ1) is 9.03. The van der Waals surface area contributed by atoms with E-state index in [-0.39, 0.29) is 21.6 Å². The number of sulfonamides is 1. The lowest BCUT2D eigenvalue weighted by Gasteiger charge is -2.12. The van der Waals surface area contributed by atoms with E-state index in [1.165, 1.54) is 18.2 Å². The first-order valence-corrected chi connectivity index (χ1v) is 7.76. The second-order valence-corrected chi connectivity index (χ2v) is 6.41. The van der Waals surface area contributed by atoms with Gasteiger partial charge < -0.3 is 0 Å². The van der Waals surface area contributed by atoms with Crippen LogP contribution in [0.25, 0.3) is 0 Å². The van der Waals surface area contributed by atoms with Crippen LogP contribution in [0.3, 0.4) is 0 Å². The normalized spacial score (nSPS) is 16.4. The van der Waals surface area contributed by atoms with Crippen molar-refractivity contribution >= 4 is 21.6 Å². The van der Waals surface area contributed by atoms with E-state index in [1.54, 1.807) is 0 Å². The Morgan fingerprint density at radius 3 is 2.68 bits per heavy atom. The summed E-state index contributed by atoms with van der Waals surface area (Å²) >= 11 is 5.76. The molecule has 0 heterocycles. The van der Waals surface area contributed by atoms with E-state index in [4.69, 9.17) is 21.7 Å². The van der Waals surface area contributed by atoms with E-state index in [1.807, 2.05) is 6.07 Å². The molecule has 0 aliphatic heterocycles. The molecule has 19 heavy (non-hydrogen) atoms. The minimum absolute atomic E-state index is 0.0342. The quantitative estimate of drug-likeness (QED) is 0.866. The predicted octanol–water partition coefficient (Wildman–Crippen LogP) is 2.36. The number of hydrogen-bond donors (Lipinski definition) is 1. The second-order valence-electron chi connectivity index (χ2n) is 4.36. The van der Waals surface area contributed by atoms with Crippen LogP contribution in [-0.4, -0.2) is 14.5 Å². The Morgan fingerprint density at radius 2 is 2.05 bits per heavy atom. The zero-order valence-corrected chi connectivity index (χ0v) is 11.7.